The molecule has 2 amide bonds. The Morgan fingerprint density at radius 2 is 1.66 bits per heavy atom. The van der Waals surface area contributed by atoms with Gasteiger partial charge >= 0.3 is 0 Å². The molecule has 0 aromatic heterocycles. The maximum absolute atomic E-state index is 13.0. The minimum Gasteiger partial charge on any atom is -0.497 e. The first-order chi connectivity index (χ1) is 15.6. The van der Waals surface area contributed by atoms with E-state index in [1.165, 1.54) is 16.7 Å². The molecule has 4 rings (SSSR count). The van der Waals surface area contributed by atoms with Gasteiger partial charge in [-0.05, 0) is 42.0 Å². The Hall–Kier alpha value is -3.58. The maximum Gasteiger partial charge on any atom is 0.247 e. The van der Waals surface area contributed by atoms with Gasteiger partial charge in [-0.2, -0.15) is 0 Å². The van der Waals surface area contributed by atoms with Crippen LogP contribution in [-0.2, 0) is 16.1 Å². The number of rotatable bonds is 6. The number of anilines is 2. The molecule has 0 unspecified atom stereocenters. The van der Waals surface area contributed by atoms with Gasteiger partial charge in [0.05, 0.1) is 19.3 Å². The van der Waals surface area contributed by atoms with Crippen LogP contribution in [0.15, 0.2) is 89.9 Å². The second-order valence-electron chi connectivity index (χ2n) is 7.17. The van der Waals surface area contributed by atoms with Gasteiger partial charge in [0.1, 0.15) is 11.0 Å². The van der Waals surface area contributed by atoms with Crippen LogP contribution in [0.2, 0.25) is 0 Å². The van der Waals surface area contributed by atoms with E-state index in [0.29, 0.717) is 17.4 Å². The fourth-order valence-corrected chi connectivity index (χ4v) is 4.34. The lowest BCUT2D eigenvalue weighted by atomic mass is 10.2. The highest BCUT2D eigenvalue weighted by Crippen LogP contribution is 2.31. The zero-order valence-corrected chi connectivity index (χ0v) is 18.4. The van der Waals surface area contributed by atoms with Gasteiger partial charge in [-0.3, -0.25) is 14.6 Å². The lowest BCUT2D eigenvalue weighted by Gasteiger charge is -2.16. The van der Waals surface area contributed by atoms with Crippen LogP contribution in [0.1, 0.15) is 12.0 Å². The number of ether oxygens (including phenoxy) is 1. The lowest BCUT2D eigenvalue weighted by molar-refractivity contribution is -0.121. The molecule has 0 aliphatic carbocycles. The molecule has 6 nitrogen and oxygen atoms in total. The van der Waals surface area contributed by atoms with Crippen molar-refractivity contribution in [1.82, 2.24) is 0 Å². The van der Waals surface area contributed by atoms with Crippen molar-refractivity contribution < 1.29 is 14.3 Å². The summed E-state index contributed by atoms with van der Waals surface area (Å²) in [5, 5.41) is 3.35. The second-order valence-corrected chi connectivity index (χ2v) is 8.37. The van der Waals surface area contributed by atoms with Crippen molar-refractivity contribution >= 4 is 40.1 Å². The van der Waals surface area contributed by atoms with Gasteiger partial charge in [-0.25, -0.2) is 4.90 Å². The summed E-state index contributed by atoms with van der Waals surface area (Å²) in [6, 6.07) is 26.4. The molecule has 0 bridgehead atoms. The van der Waals surface area contributed by atoms with E-state index in [-0.39, 0.29) is 18.2 Å². The number of nitrogens with zero attached hydrogens (tertiary/aromatic N) is 2. The quantitative estimate of drug-likeness (QED) is 0.337. The molecule has 0 saturated carbocycles. The van der Waals surface area contributed by atoms with E-state index in [2.05, 4.69) is 5.32 Å². The molecule has 162 valence electrons. The number of nitrogens with one attached hydrogen (secondary N) is 1. The van der Waals surface area contributed by atoms with Crippen molar-refractivity contribution in [2.45, 2.75) is 18.2 Å². The number of aliphatic imine (C=N–C) groups is 1. The summed E-state index contributed by atoms with van der Waals surface area (Å²) in [4.78, 5) is 31.6. The van der Waals surface area contributed by atoms with Gasteiger partial charge in [0, 0.05) is 12.1 Å². The Kier molecular flexibility index (Phi) is 6.87. The number of carbonyl (C=O) groups is 2. The van der Waals surface area contributed by atoms with Gasteiger partial charge in [0.25, 0.3) is 0 Å². The standard InChI is InChI=1S/C25H23N3O3S/c1-31-21-14-12-18(13-15-21)17-26-25(27-19-8-4-2-5-9-19)32-22-16-23(29)28(24(22)30)20-10-6-3-7-11-20/h2-15,22H,16-17H2,1H3,(H,26,27)/t22-/m1/s1. The highest BCUT2D eigenvalue weighted by Gasteiger charge is 2.40. The fraction of sp³-hybridized carbons (Fsp3) is 0.160. The zero-order valence-electron chi connectivity index (χ0n) is 17.6. The van der Waals surface area contributed by atoms with Crippen LogP contribution in [0.4, 0.5) is 11.4 Å². The van der Waals surface area contributed by atoms with Gasteiger partial charge in [-0.1, -0.05) is 60.3 Å². The van der Waals surface area contributed by atoms with Crippen LogP contribution in [0.25, 0.3) is 0 Å². The normalized spacial score (nSPS) is 16.3. The molecular weight excluding hydrogens is 422 g/mol. The molecule has 0 spiro atoms. The SMILES string of the molecule is COc1ccc(CN=C(Nc2ccccc2)S[C@@H]2CC(=O)N(c3ccccc3)C2=O)cc1. The predicted octanol–water partition coefficient (Wildman–Crippen LogP) is 4.73. The van der Waals surface area contributed by atoms with Crippen LogP contribution in [0, 0.1) is 0 Å². The molecule has 1 fully saturated rings. The van der Waals surface area contributed by atoms with Gasteiger partial charge in [0.2, 0.25) is 11.8 Å². The first-order valence-electron chi connectivity index (χ1n) is 10.2. The summed E-state index contributed by atoms with van der Waals surface area (Å²) in [5.74, 6) is 0.358. The van der Waals surface area contributed by atoms with E-state index in [0.717, 1.165) is 17.0 Å². The largest absolute Gasteiger partial charge is 0.497 e. The molecule has 1 aliphatic rings. The molecule has 1 aliphatic heterocycles. The van der Waals surface area contributed by atoms with E-state index in [4.69, 9.17) is 9.73 Å². The van der Waals surface area contributed by atoms with Crippen molar-refractivity contribution in [3.8, 4) is 5.75 Å². The third-order valence-electron chi connectivity index (χ3n) is 4.96. The summed E-state index contributed by atoms with van der Waals surface area (Å²) in [5.41, 5.74) is 2.47. The maximum atomic E-state index is 13.0. The van der Waals surface area contributed by atoms with Crippen LogP contribution in [0.5, 0.6) is 5.75 Å². The van der Waals surface area contributed by atoms with Crippen LogP contribution >= 0.6 is 11.8 Å². The van der Waals surface area contributed by atoms with Gasteiger partial charge in [0.15, 0.2) is 5.17 Å². The summed E-state index contributed by atoms with van der Waals surface area (Å²) >= 11 is 1.29. The van der Waals surface area contributed by atoms with E-state index in [1.807, 2.05) is 72.8 Å². The Balaban J connectivity index is 1.53. The van der Waals surface area contributed by atoms with Crippen LogP contribution in [-0.4, -0.2) is 29.3 Å². The molecule has 0 radical (unpaired) electrons. The Morgan fingerprint density at radius 3 is 2.31 bits per heavy atom. The number of methoxy groups -OCH3 is 1. The molecule has 7 heteroatoms. The number of benzene rings is 3. The van der Waals surface area contributed by atoms with E-state index in [9.17, 15) is 9.59 Å². The Bertz CT molecular complexity index is 1100. The van der Waals surface area contributed by atoms with Crippen molar-refractivity contribution in [3.05, 3.63) is 90.5 Å². The number of thioether (sulfide) groups is 1. The first-order valence-corrected chi connectivity index (χ1v) is 11.1. The number of carbonyl (C=O) groups excluding carboxylic acids is 2. The third-order valence-corrected chi connectivity index (χ3v) is 6.07. The molecule has 3 aromatic rings. The van der Waals surface area contributed by atoms with Crippen LogP contribution in [0.3, 0.4) is 0 Å². The number of para-hydroxylation sites is 2. The highest BCUT2D eigenvalue weighted by molar-refractivity contribution is 8.15. The van der Waals surface area contributed by atoms with E-state index < -0.39 is 5.25 Å². The molecule has 1 saturated heterocycles. The third kappa shape index (κ3) is 5.18. The van der Waals surface area contributed by atoms with Crippen molar-refractivity contribution in [3.63, 3.8) is 0 Å². The Morgan fingerprint density at radius 1 is 1.00 bits per heavy atom. The minimum atomic E-state index is -0.534. The highest BCUT2D eigenvalue weighted by atomic mass is 32.2. The van der Waals surface area contributed by atoms with E-state index >= 15 is 0 Å². The second kappa shape index (κ2) is 10.2. The monoisotopic (exact) mass is 445 g/mol. The van der Waals surface area contributed by atoms with Crippen molar-refractivity contribution in [2.75, 3.05) is 17.3 Å². The smallest absolute Gasteiger partial charge is 0.247 e. The molecule has 1 atom stereocenters. The topological polar surface area (TPSA) is 71.0 Å². The van der Waals surface area contributed by atoms with Crippen LogP contribution < -0.4 is 15.0 Å². The predicted molar refractivity (Wildman–Crippen MR) is 129 cm³/mol. The molecule has 32 heavy (non-hydrogen) atoms. The molecule has 1 N–H and O–H groups in total. The summed E-state index contributed by atoms with van der Waals surface area (Å²) in [6.07, 6.45) is 0.135. The molecule has 1 heterocycles. The average molecular weight is 446 g/mol. The van der Waals surface area contributed by atoms with E-state index in [1.54, 1.807) is 19.2 Å². The number of hydrogen-bond donors (Lipinski definition) is 1. The molecule has 3 aromatic carbocycles. The summed E-state index contributed by atoms with van der Waals surface area (Å²) in [7, 11) is 1.63. The number of amidine groups is 1. The fourth-order valence-electron chi connectivity index (χ4n) is 3.32. The summed E-state index contributed by atoms with van der Waals surface area (Å²) < 4.78 is 5.20. The van der Waals surface area contributed by atoms with Gasteiger partial charge < -0.3 is 10.1 Å². The Labute approximate surface area is 191 Å². The zero-order chi connectivity index (χ0) is 22.3. The number of imide groups is 1. The molecular formula is C25H23N3O3S. The summed E-state index contributed by atoms with van der Waals surface area (Å²) in [6.45, 7) is 0.434. The van der Waals surface area contributed by atoms with Crippen molar-refractivity contribution in [2.24, 2.45) is 4.99 Å². The van der Waals surface area contributed by atoms with Gasteiger partial charge in [-0.15, -0.1) is 0 Å². The van der Waals surface area contributed by atoms with Crippen molar-refractivity contribution in [1.29, 1.82) is 0 Å². The number of amides is 2. The number of hydrogen-bond acceptors (Lipinski definition) is 5. The first kappa shape index (κ1) is 21.6. The average Bonchev–Trinajstić information content (AvgIpc) is 3.11. The lowest BCUT2D eigenvalue weighted by Crippen LogP contribution is -2.31. The minimum absolute atomic E-state index is 0.135.